The van der Waals surface area contributed by atoms with Crippen molar-refractivity contribution in [3.63, 3.8) is 0 Å². The van der Waals surface area contributed by atoms with Crippen LogP contribution in [0.25, 0.3) is 10.8 Å². The maximum absolute atomic E-state index is 13.5. The molecule has 3 aromatic carbocycles. The Hall–Kier alpha value is -3.96. The lowest BCUT2D eigenvalue weighted by Gasteiger charge is -2.39. The summed E-state index contributed by atoms with van der Waals surface area (Å²) in [6.07, 6.45) is -5.55. The van der Waals surface area contributed by atoms with E-state index in [9.17, 15) is 27.6 Å². The van der Waals surface area contributed by atoms with Crippen molar-refractivity contribution in [2.24, 2.45) is 11.5 Å². The average molecular weight is 545 g/mol. The third-order valence-corrected chi connectivity index (χ3v) is 6.29. The highest BCUT2D eigenvalue weighted by atomic mass is 19.4. The van der Waals surface area contributed by atoms with Gasteiger partial charge in [0.1, 0.15) is 0 Å². The quantitative estimate of drug-likeness (QED) is 0.336. The largest absolute Gasteiger partial charge is 0.493 e. The van der Waals surface area contributed by atoms with Gasteiger partial charge >= 0.3 is 12.1 Å². The number of halogens is 3. The summed E-state index contributed by atoms with van der Waals surface area (Å²) >= 11 is 0. The van der Waals surface area contributed by atoms with E-state index in [0.29, 0.717) is 11.1 Å². The highest BCUT2D eigenvalue weighted by Crippen LogP contribution is 2.27. The van der Waals surface area contributed by atoms with Crippen molar-refractivity contribution in [2.45, 2.75) is 50.5 Å². The fourth-order valence-corrected chi connectivity index (χ4v) is 4.10. The highest BCUT2D eigenvalue weighted by molar-refractivity contribution is 5.93. The average Bonchev–Trinajstić information content (AvgIpc) is 2.92. The number of benzene rings is 3. The molecule has 11 heteroatoms. The lowest BCUT2D eigenvalue weighted by atomic mass is 9.92. The van der Waals surface area contributed by atoms with Crippen molar-refractivity contribution in [1.82, 2.24) is 10.4 Å². The number of rotatable bonds is 10. The first kappa shape index (κ1) is 29.6. The van der Waals surface area contributed by atoms with Crippen LogP contribution in [0.15, 0.2) is 72.8 Å². The van der Waals surface area contributed by atoms with Crippen molar-refractivity contribution in [2.75, 3.05) is 6.54 Å². The van der Waals surface area contributed by atoms with Crippen LogP contribution in [0.4, 0.5) is 13.2 Å². The van der Waals surface area contributed by atoms with Gasteiger partial charge in [-0.15, -0.1) is 0 Å². The molecule has 0 saturated heterocycles. The zero-order chi connectivity index (χ0) is 28.6. The molecule has 0 heterocycles. The topological polar surface area (TPSA) is 128 Å². The Morgan fingerprint density at radius 1 is 0.949 bits per heavy atom. The minimum atomic E-state index is -5.42. The monoisotopic (exact) mass is 544 g/mol. The van der Waals surface area contributed by atoms with Gasteiger partial charge in [0.15, 0.2) is 5.54 Å². The maximum atomic E-state index is 13.5. The Morgan fingerprint density at radius 3 is 2.23 bits per heavy atom. The van der Waals surface area contributed by atoms with E-state index in [1.165, 1.54) is 6.92 Å². The van der Waals surface area contributed by atoms with E-state index >= 15 is 0 Å². The number of hydrogen-bond donors (Lipinski definition) is 3. The second-order valence-electron chi connectivity index (χ2n) is 9.34. The van der Waals surface area contributed by atoms with Crippen LogP contribution in [-0.2, 0) is 32.2 Å². The number of fused-ring (bicyclic) bond motifs is 1. The molecule has 208 valence electrons. The predicted octanol–water partition coefficient (Wildman–Crippen LogP) is 3.37. The maximum Gasteiger partial charge on any atom is 0.493 e. The van der Waals surface area contributed by atoms with E-state index in [0.717, 1.165) is 10.8 Å². The first-order valence-electron chi connectivity index (χ1n) is 12.3. The van der Waals surface area contributed by atoms with Gasteiger partial charge in [-0.1, -0.05) is 72.8 Å². The Bertz CT molecular complexity index is 1300. The van der Waals surface area contributed by atoms with Crippen LogP contribution in [0.5, 0.6) is 0 Å². The first-order chi connectivity index (χ1) is 18.5. The highest BCUT2D eigenvalue weighted by Gasteiger charge is 2.50. The summed E-state index contributed by atoms with van der Waals surface area (Å²) < 4.78 is 39.6. The van der Waals surface area contributed by atoms with Crippen molar-refractivity contribution >= 4 is 28.6 Å². The zero-order valence-electron chi connectivity index (χ0n) is 21.4. The van der Waals surface area contributed by atoms with Crippen LogP contribution in [0.2, 0.25) is 0 Å². The van der Waals surface area contributed by atoms with Crippen LogP contribution in [0, 0.1) is 0 Å². The van der Waals surface area contributed by atoms with Gasteiger partial charge in [0.25, 0.3) is 5.91 Å². The van der Waals surface area contributed by atoms with Gasteiger partial charge in [-0.2, -0.15) is 18.2 Å². The summed E-state index contributed by atoms with van der Waals surface area (Å²) in [6.45, 7) is 1.31. The molecule has 0 aliphatic heterocycles. The lowest BCUT2D eigenvalue weighted by Crippen LogP contribution is -2.63. The van der Waals surface area contributed by atoms with Gasteiger partial charge < -0.3 is 21.6 Å². The van der Waals surface area contributed by atoms with Gasteiger partial charge in [0.2, 0.25) is 5.91 Å². The van der Waals surface area contributed by atoms with Crippen LogP contribution in [-0.4, -0.2) is 47.1 Å². The fraction of sp³-hybridized carbons (Fsp3) is 0.321. The van der Waals surface area contributed by atoms with E-state index < -0.39 is 35.5 Å². The number of nitrogens with one attached hydrogen (secondary N) is 1. The number of nitrogens with zero attached hydrogens (tertiary/aromatic N) is 1. The van der Waals surface area contributed by atoms with Crippen LogP contribution < -0.4 is 16.8 Å². The molecule has 2 amide bonds. The molecular formula is C28H31F3N4O4. The summed E-state index contributed by atoms with van der Waals surface area (Å²) in [5.41, 5.74) is 11.1. The molecule has 5 N–H and O–H groups in total. The molecule has 0 fully saturated rings. The number of carbonyl (C=O) groups excluding carboxylic acids is 3. The van der Waals surface area contributed by atoms with Crippen molar-refractivity contribution in [1.29, 1.82) is 0 Å². The van der Waals surface area contributed by atoms with Gasteiger partial charge in [0.05, 0.1) is 6.04 Å². The standard InChI is InChI=1S/C28H31F3N4O4/c1-27(14-7-15-32,25(37)34-18-19-8-3-2-4-9-19)35(39-26(38)28(29,30)31)24(36)23(33)17-20-12-13-21-10-5-6-11-22(21)16-20/h2-6,8-13,16,23H,7,14-15,17-18,32-33H2,1H3,(H,34,37)/t23-,27-/m0/s1. The second kappa shape index (κ2) is 12.7. The van der Waals surface area contributed by atoms with Crippen LogP contribution in [0.1, 0.15) is 30.9 Å². The van der Waals surface area contributed by atoms with Crippen molar-refractivity contribution in [3.8, 4) is 0 Å². The van der Waals surface area contributed by atoms with Gasteiger partial charge in [-0.05, 0) is 54.6 Å². The molecule has 2 atom stereocenters. The number of hydroxylamine groups is 2. The number of alkyl halides is 3. The van der Waals surface area contributed by atoms with Crippen LogP contribution >= 0.6 is 0 Å². The first-order valence-corrected chi connectivity index (χ1v) is 12.3. The SMILES string of the molecule is C[C@](CCCN)(C(=O)NCc1ccccc1)N(OC(=O)C(F)(F)F)C(=O)[C@@H](N)Cc1ccc2ccccc2c1. The molecule has 0 aromatic heterocycles. The normalized spacial score (nSPS) is 13.8. The summed E-state index contributed by atoms with van der Waals surface area (Å²) in [4.78, 5) is 43.4. The van der Waals surface area contributed by atoms with Crippen LogP contribution in [0.3, 0.4) is 0 Å². The second-order valence-corrected chi connectivity index (χ2v) is 9.34. The fourth-order valence-electron chi connectivity index (χ4n) is 4.10. The minimum absolute atomic E-state index is 0.0241. The molecule has 3 aromatic rings. The third kappa shape index (κ3) is 7.55. The Kier molecular flexibility index (Phi) is 9.66. The van der Waals surface area contributed by atoms with Gasteiger partial charge in [-0.3, -0.25) is 9.59 Å². The molecule has 0 radical (unpaired) electrons. The van der Waals surface area contributed by atoms with Crippen molar-refractivity contribution in [3.05, 3.63) is 83.9 Å². The molecule has 0 aliphatic carbocycles. The van der Waals surface area contributed by atoms with E-state index in [-0.39, 0.29) is 37.4 Å². The molecule has 3 rings (SSSR count). The molecule has 0 bridgehead atoms. The smallest absolute Gasteiger partial charge is 0.350 e. The Balaban J connectivity index is 1.91. The van der Waals surface area contributed by atoms with Crippen molar-refractivity contribution < 1.29 is 32.4 Å². The van der Waals surface area contributed by atoms with E-state index in [1.807, 2.05) is 30.3 Å². The predicted molar refractivity (Wildman–Crippen MR) is 140 cm³/mol. The Morgan fingerprint density at radius 2 is 1.59 bits per heavy atom. The summed E-state index contributed by atoms with van der Waals surface area (Å²) in [5.74, 6) is -4.64. The third-order valence-electron chi connectivity index (χ3n) is 6.29. The van der Waals surface area contributed by atoms with E-state index in [1.54, 1.807) is 42.5 Å². The summed E-state index contributed by atoms with van der Waals surface area (Å²) in [5, 5.41) is 4.62. The molecule has 39 heavy (non-hydrogen) atoms. The summed E-state index contributed by atoms with van der Waals surface area (Å²) in [6, 6.07) is 20.2. The minimum Gasteiger partial charge on any atom is -0.350 e. The molecular weight excluding hydrogens is 513 g/mol. The molecule has 8 nitrogen and oxygen atoms in total. The Labute approximate surface area is 224 Å². The number of amides is 2. The molecule has 0 aliphatic rings. The van der Waals surface area contributed by atoms with E-state index in [4.69, 9.17) is 11.5 Å². The number of carbonyl (C=O) groups is 3. The van der Waals surface area contributed by atoms with Gasteiger partial charge in [-0.25, -0.2) is 4.79 Å². The number of nitrogens with two attached hydrogens (primary N) is 2. The summed E-state index contributed by atoms with van der Waals surface area (Å²) in [7, 11) is 0. The molecule has 0 spiro atoms. The zero-order valence-corrected chi connectivity index (χ0v) is 21.4. The molecule has 0 unspecified atom stereocenters. The van der Waals surface area contributed by atoms with Gasteiger partial charge in [0, 0.05) is 6.54 Å². The van der Waals surface area contributed by atoms with E-state index in [2.05, 4.69) is 10.2 Å². The number of hydrogen-bond acceptors (Lipinski definition) is 6. The molecule has 0 saturated carbocycles. The lowest BCUT2D eigenvalue weighted by molar-refractivity contribution is -0.253.